The molecule has 2 aromatic carbocycles. The van der Waals surface area contributed by atoms with E-state index in [4.69, 9.17) is 4.74 Å². The first kappa shape index (κ1) is 20.6. The van der Waals surface area contributed by atoms with E-state index in [9.17, 15) is 13.2 Å². The van der Waals surface area contributed by atoms with Crippen molar-refractivity contribution in [2.75, 3.05) is 5.43 Å². The Morgan fingerprint density at radius 3 is 2.46 bits per heavy atom. The van der Waals surface area contributed by atoms with Crippen molar-refractivity contribution in [2.24, 2.45) is 0 Å². The Bertz CT molecular complexity index is 960. The van der Waals surface area contributed by atoms with E-state index in [2.05, 4.69) is 31.5 Å². The van der Waals surface area contributed by atoms with Crippen LogP contribution in [0.2, 0.25) is 0 Å². The highest BCUT2D eigenvalue weighted by atomic mass is 79.9. The van der Waals surface area contributed by atoms with Crippen molar-refractivity contribution in [3.8, 4) is 5.75 Å². The van der Waals surface area contributed by atoms with Crippen LogP contribution in [-0.2, 0) is 14.8 Å². The molecule has 1 saturated carbocycles. The average molecular weight is 468 g/mol. The van der Waals surface area contributed by atoms with Gasteiger partial charge in [0.15, 0.2) is 6.10 Å². The zero-order valence-electron chi connectivity index (χ0n) is 15.5. The maximum atomic E-state index is 12.2. The highest BCUT2D eigenvalue weighted by molar-refractivity contribution is 9.10. The molecular weight excluding hydrogens is 446 g/mol. The molecule has 1 aliphatic rings. The largest absolute Gasteiger partial charge is 0.480 e. The van der Waals surface area contributed by atoms with E-state index in [0.29, 0.717) is 11.4 Å². The van der Waals surface area contributed by atoms with Crippen molar-refractivity contribution in [1.29, 1.82) is 0 Å². The van der Waals surface area contributed by atoms with E-state index < -0.39 is 16.1 Å². The van der Waals surface area contributed by atoms with Crippen molar-refractivity contribution < 1.29 is 17.9 Å². The Morgan fingerprint density at radius 1 is 1.18 bits per heavy atom. The van der Waals surface area contributed by atoms with Gasteiger partial charge in [0, 0.05) is 6.04 Å². The molecule has 28 heavy (non-hydrogen) atoms. The smallest absolute Gasteiger partial charge is 0.279 e. The maximum Gasteiger partial charge on any atom is 0.279 e. The zero-order chi connectivity index (χ0) is 20.3. The Morgan fingerprint density at radius 2 is 1.86 bits per heavy atom. The van der Waals surface area contributed by atoms with Crippen molar-refractivity contribution in [3.05, 3.63) is 52.5 Å². The molecule has 3 N–H and O–H groups in total. The Hall–Kier alpha value is -2.10. The first-order valence-electron chi connectivity index (χ1n) is 8.86. The molecule has 0 aliphatic heterocycles. The van der Waals surface area contributed by atoms with Gasteiger partial charge in [0.25, 0.3) is 5.91 Å². The molecule has 3 rings (SSSR count). The number of ether oxygens (including phenoxy) is 1. The molecule has 0 saturated heterocycles. The molecule has 0 bridgehead atoms. The number of rotatable bonds is 8. The van der Waals surface area contributed by atoms with Crippen LogP contribution in [0.3, 0.4) is 0 Å². The average Bonchev–Trinajstić information content (AvgIpc) is 3.45. The fraction of sp³-hybridized carbons (Fsp3) is 0.316. The van der Waals surface area contributed by atoms with Gasteiger partial charge in [-0.15, -0.1) is 0 Å². The van der Waals surface area contributed by atoms with Gasteiger partial charge in [-0.25, -0.2) is 13.1 Å². The van der Waals surface area contributed by atoms with Crippen LogP contribution in [0.15, 0.2) is 51.8 Å². The lowest BCUT2D eigenvalue weighted by Crippen LogP contribution is -2.39. The zero-order valence-corrected chi connectivity index (χ0v) is 17.9. The minimum atomic E-state index is -3.49. The van der Waals surface area contributed by atoms with Gasteiger partial charge in [0.05, 0.1) is 15.1 Å². The lowest BCUT2D eigenvalue weighted by molar-refractivity contribution is -0.126. The number of halogens is 1. The minimum absolute atomic E-state index is 0.0529. The molecule has 1 fully saturated rings. The topological polar surface area (TPSA) is 96.5 Å². The molecule has 1 unspecified atom stereocenters. The summed E-state index contributed by atoms with van der Waals surface area (Å²) in [5.41, 5.74) is 6.95. The van der Waals surface area contributed by atoms with Gasteiger partial charge in [-0.1, -0.05) is 6.07 Å². The van der Waals surface area contributed by atoms with Crippen LogP contribution in [0.25, 0.3) is 0 Å². The molecule has 0 spiro atoms. The molecule has 2 aromatic rings. The van der Waals surface area contributed by atoms with Crippen molar-refractivity contribution >= 4 is 37.5 Å². The molecular formula is C19H22BrN3O4S. The molecule has 1 aliphatic carbocycles. The fourth-order valence-corrected chi connectivity index (χ4v) is 4.28. The molecule has 1 amide bonds. The molecule has 0 radical (unpaired) electrons. The Kier molecular flexibility index (Phi) is 6.26. The van der Waals surface area contributed by atoms with Crippen LogP contribution in [0.5, 0.6) is 5.75 Å². The van der Waals surface area contributed by atoms with Crippen LogP contribution in [0.1, 0.15) is 25.3 Å². The summed E-state index contributed by atoms with van der Waals surface area (Å²) in [5, 5.41) is 0. The third kappa shape index (κ3) is 5.46. The minimum Gasteiger partial charge on any atom is -0.480 e. The van der Waals surface area contributed by atoms with Crippen LogP contribution in [0.4, 0.5) is 5.69 Å². The fourth-order valence-electron chi connectivity index (χ4n) is 2.39. The molecule has 1 atom stereocenters. The Labute approximate surface area is 173 Å². The summed E-state index contributed by atoms with van der Waals surface area (Å²) < 4.78 is 33.4. The molecule has 9 heteroatoms. The van der Waals surface area contributed by atoms with E-state index in [1.165, 1.54) is 12.1 Å². The van der Waals surface area contributed by atoms with Crippen molar-refractivity contribution in [3.63, 3.8) is 0 Å². The van der Waals surface area contributed by atoms with Gasteiger partial charge in [-0.05, 0) is 84.6 Å². The molecule has 0 aromatic heterocycles. The number of anilines is 1. The number of nitrogens with one attached hydrogen (secondary N) is 3. The number of sulfonamides is 1. The number of aryl methyl sites for hydroxylation is 1. The third-order valence-electron chi connectivity index (χ3n) is 4.15. The second-order valence-electron chi connectivity index (χ2n) is 6.73. The molecule has 150 valence electrons. The predicted octanol–water partition coefficient (Wildman–Crippen LogP) is 3.11. The van der Waals surface area contributed by atoms with Crippen LogP contribution < -0.4 is 20.3 Å². The predicted molar refractivity (Wildman–Crippen MR) is 111 cm³/mol. The lowest BCUT2D eigenvalue weighted by Gasteiger charge is -2.17. The number of hydrogen-bond donors (Lipinski definition) is 3. The van der Waals surface area contributed by atoms with E-state index >= 15 is 0 Å². The van der Waals surface area contributed by atoms with Gasteiger partial charge in [0.1, 0.15) is 5.75 Å². The van der Waals surface area contributed by atoms with Crippen LogP contribution >= 0.6 is 15.9 Å². The maximum absolute atomic E-state index is 12.2. The van der Waals surface area contributed by atoms with Gasteiger partial charge in [0.2, 0.25) is 10.0 Å². The van der Waals surface area contributed by atoms with E-state index in [-0.39, 0.29) is 16.8 Å². The standard InChI is InChI=1S/C19H22BrN3O4S/c1-12-3-10-18(17(20)11-12)27-13(2)19(24)22-21-14-6-8-16(9-7-14)28(25,26)23-15-4-5-15/h3,6-11,13,15,21,23H,4-5H2,1-2H3,(H,22,24). The van der Waals surface area contributed by atoms with Gasteiger partial charge in [-0.3, -0.25) is 15.6 Å². The first-order chi connectivity index (χ1) is 13.2. The normalized spacial score (nSPS) is 15.0. The van der Waals surface area contributed by atoms with Crippen molar-refractivity contribution in [1.82, 2.24) is 10.1 Å². The van der Waals surface area contributed by atoms with Gasteiger partial charge in [-0.2, -0.15) is 0 Å². The number of carbonyl (C=O) groups excluding carboxylic acids is 1. The number of carbonyl (C=O) groups is 1. The number of benzene rings is 2. The highest BCUT2D eigenvalue weighted by Gasteiger charge is 2.27. The van der Waals surface area contributed by atoms with Crippen LogP contribution in [-0.4, -0.2) is 26.5 Å². The Balaban J connectivity index is 1.53. The number of amides is 1. The summed E-state index contributed by atoms with van der Waals surface area (Å²) in [6.07, 6.45) is 1.03. The number of hydrazine groups is 1. The van der Waals surface area contributed by atoms with Crippen molar-refractivity contribution in [2.45, 2.75) is 43.7 Å². The third-order valence-corrected chi connectivity index (χ3v) is 6.31. The summed E-state index contributed by atoms with van der Waals surface area (Å²) in [6, 6.07) is 11.8. The summed E-state index contributed by atoms with van der Waals surface area (Å²) in [6.45, 7) is 3.61. The number of hydrogen-bond acceptors (Lipinski definition) is 5. The summed E-state index contributed by atoms with van der Waals surface area (Å²) in [4.78, 5) is 12.4. The van der Waals surface area contributed by atoms with Crippen LogP contribution in [0, 0.1) is 6.92 Å². The quantitative estimate of drug-likeness (QED) is 0.518. The summed E-state index contributed by atoms with van der Waals surface area (Å²) in [5.74, 6) is 0.213. The summed E-state index contributed by atoms with van der Waals surface area (Å²) in [7, 11) is -3.49. The molecule has 0 heterocycles. The second-order valence-corrected chi connectivity index (χ2v) is 9.30. The highest BCUT2D eigenvalue weighted by Crippen LogP contribution is 2.26. The van der Waals surface area contributed by atoms with Gasteiger partial charge < -0.3 is 4.74 Å². The first-order valence-corrected chi connectivity index (χ1v) is 11.1. The molecule has 7 nitrogen and oxygen atoms in total. The van der Waals surface area contributed by atoms with E-state index in [0.717, 1.165) is 22.9 Å². The lowest BCUT2D eigenvalue weighted by atomic mass is 10.2. The second kappa shape index (κ2) is 8.50. The van der Waals surface area contributed by atoms with E-state index in [1.54, 1.807) is 25.1 Å². The van der Waals surface area contributed by atoms with Gasteiger partial charge >= 0.3 is 0 Å². The van der Waals surface area contributed by atoms with E-state index in [1.807, 2.05) is 19.1 Å². The summed E-state index contributed by atoms with van der Waals surface area (Å²) >= 11 is 3.42. The monoisotopic (exact) mass is 467 g/mol. The SMILES string of the molecule is Cc1ccc(OC(C)C(=O)NNc2ccc(S(=O)(=O)NC3CC3)cc2)c(Br)c1.